The summed E-state index contributed by atoms with van der Waals surface area (Å²) in [6, 6.07) is 7.87. The Morgan fingerprint density at radius 2 is 2.00 bits per heavy atom. The number of halogens is 3. The van der Waals surface area contributed by atoms with Gasteiger partial charge in [0.2, 0.25) is 0 Å². The second-order valence-corrected chi connectivity index (χ2v) is 10.6. The maximum atomic E-state index is 14.0. The fraction of sp³-hybridized carbons (Fsp3) is 0.304. The molecule has 0 radical (unpaired) electrons. The summed E-state index contributed by atoms with van der Waals surface area (Å²) in [5.41, 5.74) is 0.916. The number of rotatable bonds is 8. The zero-order valence-corrected chi connectivity index (χ0v) is 23.4. The number of pyridine rings is 1. The zero-order valence-electron chi connectivity index (χ0n) is 19.1. The molecule has 0 fully saturated rings. The van der Waals surface area contributed by atoms with Crippen molar-refractivity contribution in [1.29, 1.82) is 5.26 Å². The van der Waals surface area contributed by atoms with Gasteiger partial charge in [-0.25, -0.2) is 14.2 Å². The number of hydrogen-bond donors (Lipinski definition) is 2. The molecule has 1 amide bonds. The predicted octanol–water partition coefficient (Wildman–Crippen LogP) is 5.57. The van der Waals surface area contributed by atoms with Crippen molar-refractivity contribution < 1.29 is 23.4 Å². The molecule has 0 bridgehead atoms. The summed E-state index contributed by atoms with van der Waals surface area (Å²) in [5, 5.41) is 18.4. The van der Waals surface area contributed by atoms with Gasteiger partial charge in [-0.2, -0.15) is 10.4 Å². The van der Waals surface area contributed by atoms with Crippen LogP contribution < -0.4 is 14.8 Å². The van der Waals surface area contributed by atoms with Crippen LogP contribution in [0.2, 0.25) is 0 Å². The number of nitrogens with zero attached hydrogens (tertiary/aromatic N) is 3. The molecule has 0 atom stereocenters. The Bertz CT molecular complexity index is 1250. The average molecular weight is 705 g/mol. The van der Waals surface area contributed by atoms with E-state index < -0.39 is 17.5 Å². The van der Waals surface area contributed by atoms with Crippen molar-refractivity contribution in [3.63, 3.8) is 0 Å². The van der Waals surface area contributed by atoms with Crippen molar-refractivity contribution in [3.8, 4) is 17.6 Å². The molecule has 0 saturated carbocycles. The van der Waals surface area contributed by atoms with Crippen LogP contribution in [0.4, 0.5) is 15.0 Å². The molecular formula is C23H22FI2N5O4. The standard InChI is InChI=1S/C23H22FI2N5O4/c1-23(2,3)35-22(32)29-21-19(9-15(25)11-28-21)34-12-13-8-14(24)4-5-18(13)33-7-6-16-20(26)17(10-27)31-30-16/h4-5,8-9,11H,6-7,12H2,1-3H3,(H,30,31)(H,28,29,32). The third kappa shape index (κ3) is 7.92. The second kappa shape index (κ2) is 11.8. The van der Waals surface area contributed by atoms with E-state index in [0.717, 1.165) is 12.8 Å². The molecule has 184 valence electrons. The summed E-state index contributed by atoms with van der Waals surface area (Å²) >= 11 is 4.13. The van der Waals surface area contributed by atoms with E-state index in [0.29, 0.717) is 29.2 Å². The van der Waals surface area contributed by atoms with Gasteiger partial charge in [0.1, 0.15) is 29.8 Å². The number of carbonyl (C=O) groups is 1. The second-order valence-electron chi connectivity index (χ2n) is 8.24. The van der Waals surface area contributed by atoms with E-state index in [9.17, 15) is 9.18 Å². The summed E-state index contributed by atoms with van der Waals surface area (Å²) in [6.07, 6.45) is 1.39. The molecular weight excluding hydrogens is 683 g/mol. The summed E-state index contributed by atoms with van der Waals surface area (Å²) in [5.74, 6) is 0.488. The highest BCUT2D eigenvalue weighted by Crippen LogP contribution is 2.28. The van der Waals surface area contributed by atoms with Gasteiger partial charge in [-0.05, 0) is 90.2 Å². The number of benzene rings is 1. The van der Waals surface area contributed by atoms with Crippen LogP contribution in [-0.2, 0) is 17.8 Å². The lowest BCUT2D eigenvalue weighted by atomic mass is 10.2. The van der Waals surface area contributed by atoms with Crippen molar-refractivity contribution in [1.82, 2.24) is 15.2 Å². The quantitative estimate of drug-likeness (QED) is 0.294. The van der Waals surface area contributed by atoms with Gasteiger partial charge < -0.3 is 14.2 Å². The first-order chi connectivity index (χ1) is 16.6. The molecule has 0 unspecified atom stereocenters. The Morgan fingerprint density at radius 1 is 1.23 bits per heavy atom. The van der Waals surface area contributed by atoms with E-state index in [1.807, 2.05) is 6.07 Å². The van der Waals surface area contributed by atoms with Crippen molar-refractivity contribution in [3.05, 3.63) is 60.4 Å². The Kier molecular flexibility index (Phi) is 9.11. The van der Waals surface area contributed by atoms with Crippen LogP contribution in [0.1, 0.15) is 37.7 Å². The number of nitriles is 1. The lowest BCUT2D eigenvalue weighted by Gasteiger charge is -2.20. The van der Waals surface area contributed by atoms with E-state index >= 15 is 0 Å². The van der Waals surface area contributed by atoms with Crippen LogP contribution in [0.15, 0.2) is 30.5 Å². The van der Waals surface area contributed by atoms with Crippen molar-refractivity contribution in [2.24, 2.45) is 0 Å². The summed E-state index contributed by atoms with van der Waals surface area (Å²) in [4.78, 5) is 16.4. The zero-order chi connectivity index (χ0) is 25.6. The monoisotopic (exact) mass is 705 g/mol. The third-order valence-corrected chi connectivity index (χ3v) is 6.09. The average Bonchev–Trinajstić information content (AvgIpc) is 3.13. The highest BCUT2D eigenvalue weighted by atomic mass is 127. The number of anilines is 1. The third-order valence-electron chi connectivity index (χ3n) is 4.34. The minimum Gasteiger partial charge on any atom is -0.493 e. The molecule has 3 aromatic rings. The molecule has 9 nitrogen and oxygen atoms in total. The van der Waals surface area contributed by atoms with Crippen LogP contribution >= 0.6 is 45.2 Å². The molecule has 3 rings (SSSR count). The molecule has 0 saturated heterocycles. The van der Waals surface area contributed by atoms with Crippen LogP contribution in [0.3, 0.4) is 0 Å². The largest absolute Gasteiger partial charge is 0.493 e. The molecule has 1 aromatic carbocycles. The number of nitrogens with one attached hydrogen (secondary N) is 2. The van der Waals surface area contributed by atoms with Crippen LogP contribution in [0.25, 0.3) is 0 Å². The minimum atomic E-state index is -0.674. The van der Waals surface area contributed by atoms with Crippen LogP contribution in [0, 0.1) is 24.3 Å². The van der Waals surface area contributed by atoms with Gasteiger partial charge in [0.15, 0.2) is 17.3 Å². The normalized spacial score (nSPS) is 11.0. The summed E-state index contributed by atoms with van der Waals surface area (Å²) in [6.45, 7) is 5.52. The highest BCUT2D eigenvalue weighted by Gasteiger charge is 2.19. The first kappa shape index (κ1) is 26.9. The molecule has 0 aliphatic heterocycles. The van der Waals surface area contributed by atoms with Gasteiger partial charge in [-0.1, -0.05) is 0 Å². The molecule has 0 aliphatic carbocycles. The Morgan fingerprint density at radius 3 is 2.69 bits per heavy atom. The number of carbonyl (C=O) groups excluding carboxylic acids is 1. The van der Waals surface area contributed by atoms with E-state index in [1.165, 1.54) is 18.2 Å². The van der Waals surface area contributed by atoms with Crippen LogP contribution in [-0.4, -0.2) is 33.5 Å². The first-order valence-electron chi connectivity index (χ1n) is 10.4. The van der Waals surface area contributed by atoms with Gasteiger partial charge in [-0.3, -0.25) is 10.4 Å². The molecule has 2 N–H and O–H groups in total. The fourth-order valence-corrected chi connectivity index (χ4v) is 3.90. The van der Waals surface area contributed by atoms with E-state index in [4.69, 9.17) is 19.5 Å². The number of aromatic nitrogens is 3. The molecule has 0 spiro atoms. The first-order valence-corrected chi connectivity index (χ1v) is 12.5. The Balaban J connectivity index is 1.70. The minimum absolute atomic E-state index is 0.0297. The number of H-pyrrole nitrogens is 1. The van der Waals surface area contributed by atoms with E-state index in [2.05, 4.69) is 65.7 Å². The van der Waals surface area contributed by atoms with Crippen molar-refractivity contribution >= 4 is 57.1 Å². The molecule has 2 aromatic heterocycles. The summed E-state index contributed by atoms with van der Waals surface area (Å²) < 4.78 is 32.6. The number of hydrogen-bond acceptors (Lipinski definition) is 7. The molecule has 35 heavy (non-hydrogen) atoms. The van der Waals surface area contributed by atoms with Gasteiger partial charge >= 0.3 is 6.09 Å². The van der Waals surface area contributed by atoms with Gasteiger partial charge in [0, 0.05) is 21.8 Å². The van der Waals surface area contributed by atoms with Gasteiger partial charge in [0.25, 0.3) is 0 Å². The van der Waals surface area contributed by atoms with E-state index in [-0.39, 0.29) is 19.0 Å². The van der Waals surface area contributed by atoms with Crippen molar-refractivity contribution in [2.75, 3.05) is 11.9 Å². The maximum Gasteiger partial charge on any atom is 0.413 e. The van der Waals surface area contributed by atoms with Crippen LogP contribution in [0.5, 0.6) is 11.5 Å². The van der Waals surface area contributed by atoms with Crippen molar-refractivity contribution in [2.45, 2.75) is 39.4 Å². The highest BCUT2D eigenvalue weighted by molar-refractivity contribution is 14.1. The van der Waals surface area contributed by atoms with Gasteiger partial charge in [0.05, 0.1) is 15.9 Å². The maximum absolute atomic E-state index is 14.0. The SMILES string of the molecule is CC(C)(C)OC(=O)Nc1ncc(I)cc1OCc1cc(F)ccc1OCCc1[nH]nc(C#N)c1I. The Hall–Kier alpha value is -2.67. The van der Waals surface area contributed by atoms with E-state index in [1.54, 1.807) is 33.0 Å². The Labute approximate surface area is 229 Å². The molecule has 12 heteroatoms. The lowest BCUT2D eigenvalue weighted by Crippen LogP contribution is -2.27. The van der Waals surface area contributed by atoms with Gasteiger partial charge in [-0.15, -0.1) is 0 Å². The number of ether oxygens (including phenoxy) is 3. The topological polar surface area (TPSA) is 122 Å². The smallest absolute Gasteiger partial charge is 0.413 e. The number of amides is 1. The number of aromatic amines is 1. The molecule has 2 heterocycles. The molecule has 0 aliphatic rings. The fourth-order valence-electron chi connectivity index (χ4n) is 2.85. The lowest BCUT2D eigenvalue weighted by molar-refractivity contribution is 0.0634. The summed E-state index contributed by atoms with van der Waals surface area (Å²) in [7, 11) is 0. The predicted molar refractivity (Wildman–Crippen MR) is 143 cm³/mol.